The van der Waals surface area contributed by atoms with Gasteiger partial charge in [-0.1, -0.05) is 36.4 Å². The molecule has 6 nitrogen and oxygen atoms in total. The predicted octanol–water partition coefficient (Wildman–Crippen LogP) is 1.75. The number of rotatable bonds is 5. The maximum Gasteiger partial charge on any atom is 0.241 e. The molecule has 2 atom stereocenters. The van der Waals surface area contributed by atoms with Crippen LogP contribution >= 0.6 is 0 Å². The number of hydrogen-bond acceptors (Lipinski definition) is 5. The number of anilines is 1. The Hall–Kier alpha value is -2.38. The average molecular weight is 401 g/mol. The van der Waals surface area contributed by atoms with Crippen molar-refractivity contribution in [3.63, 3.8) is 0 Å². The summed E-state index contributed by atoms with van der Waals surface area (Å²) in [5, 5.41) is 0. The van der Waals surface area contributed by atoms with Crippen LogP contribution in [-0.2, 0) is 21.1 Å². The van der Waals surface area contributed by atoms with Gasteiger partial charge in [-0.2, -0.15) is 0 Å². The lowest BCUT2D eigenvalue weighted by atomic mass is 10.0. The normalized spacial score (nSPS) is 24.2. The Morgan fingerprint density at radius 2 is 1.79 bits per heavy atom. The van der Waals surface area contributed by atoms with Gasteiger partial charge in [0.1, 0.15) is 5.75 Å². The number of nitrogens with zero attached hydrogens (tertiary/aromatic N) is 2. The molecule has 0 spiro atoms. The number of carbonyl (C=O) groups is 1. The highest BCUT2D eigenvalue weighted by Crippen LogP contribution is 2.33. The SMILES string of the molecule is COc1cccc(N2C(=O)CN(CCc3ccccc3)C3CS(=O)(=O)CC32)c1. The van der Waals surface area contributed by atoms with Crippen molar-refractivity contribution in [1.29, 1.82) is 0 Å². The number of amides is 1. The van der Waals surface area contributed by atoms with Crippen molar-refractivity contribution in [2.24, 2.45) is 0 Å². The van der Waals surface area contributed by atoms with E-state index in [0.29, 0.717) is 18.0 Å². The molecular weight excluding hydrogens is 376 g/mol. The molecule has 2 fully saturated rings. The molecule has 1 amide bonds. The maximum atomic E-state index is 13.0. The van der Waals surface area contributed by atoms with Crippen LogP contribution in [0.3, 0.4) is 0 Å². The van der Waals surface area contributed by atoms with Crippen molar-refractivity contribution >= 4 is 21.4 Å². The van der Waals surface area contributed by atoms with Gasteiger partial charge in [0.15, 0.2) is 9.84 Å². The van der Waals surface area contributed by atoms with Crippen LogP contribution in [0.1, 0.15) is 5.56 Å². The second kappa shape index (κ2) is 7.56. The predicted molar refractivity (Wildman–Crippen MR) is 108 cm³/mol. The highest BCUT2D eigenvalue weighted by Gasteiger charge is 2.49. The first-order valence-corrected chi connectivity index (χ1v) is 11.2. The van der Waals surface area contributed by atoms with Gasteiger partial charge in [0, 0.05) is 24.3 Å². The lowest BCUT2D eigenvalue weighted by Crippen LogP contribution is -2.62. The fourth-order valence-electron chi connectivity index (χ4n) is 4.22. The molecule has 28 heavy (non-hydrogen) atoms. The minimum absolute atomic E-state index is 0.00243. The molecule has 2 aliphatic rings. The van der Waals surface area contributed by atoms with Gasteiger partial charge in [0.05, 0.1) is 31.2 Å². The van der Waals surface area contributed by atoms with Crippen LogP contribution in [-0.4, -0.2) is 63.0 Å². The fraction of sp³-hybridized carbons (Fsp3) is 0.381. The summed E-state index contributed by atoms with van der Waals surface area (Å²) in [5.41, 5.74) is 1.88. The maximum absolute atomic E-state index is 13.0. The highest BCUT2D eigenvalue weighted by molar-refractivity contribution is 7.91. The summed E-state index contributed by atoms with van der Waals surface area (Å²) < 4.78 is 30.1. The van der Waals surface area contributed by atoms with E-state index in [1.165, 1.54) is 5.56 Å². The van der Waals surface area contributed by atoms with Gasteiger partial charge >= 0.3 is 0 Å². The van der Waals surface area contributed by atoms with Crippen molar-refractivity contribution in [1.82, 2.24) is 4.90 Å². The van der Waals surface area contributed by atoms with Crippen LogP contribution in [0, 0.1) is 0 Å². The monoisotopic (exact) mass is 400 g/mol. The first kappa shape index (κ1) is 19.0. The van der Waals surface area contributed by atoms with E-state index in [1.54, 1.807) is 18.1 Å². The lowest BCUT2D eigenvalue weighted by molar-refractivity contribution is -0.123. The molecule has 7 heteroatoms. The van der Waals surface area contributed by atoms with E-state index in [4.69, 9.17) is 4.74 Å². The van der Waals surface area contributed by atoms with Gasteiger partial charge < -0.3 is 9.64 Å². The molecule has 0 radical (unpaired) electrons. The zero-order chi connectivity index (χ0) is 19.7. The van der Waals surface area contributed by atoms with Crippen LogP contribution in [0.5, 0.6) is 5.75 Å². The third-order valence-electron chi connectivity index (χ3n) is 5.56. The summed E-state index contributed by atoms with van der Waals surface area (Å²) in [6.45, 7) is 0.888. The molecule has 2 aromatic carbocycles. The van der Waals surface area contributed by atoms with Crippen LogP contribution < -0.4 is 9.64 Å². The zero-order valence-corrected chi connectivity index (χ0v) is 16.6. The largest absolute Gasteiger partial charge is 0.497 e. The Morgan fingerprint density at radius 3 is 2.54 bits per heavy atom. The first-order chi connectivity index (χ1) is 13.5. The molecule has 2 aliphatic heterocycles. The zero-order valence-electron chi connectivity index (χ0n) is 15.8. The number of sulfone groups is 1. The number of carbonyl (C=O) groups excluding carboxylic acids is 1. The van der Waals surface area contributed by atoms with Gasteiger partial charge in [0.2, 0.25) is 5.91 Å². The third-order valence-corrected chi connectivity index (χ3v) is 7.26. The Bertz CT molecular complexity index is 961. The number of ether oxygens (including phenoxy) is 1. The Balaban J connectivity index is 1.60. The number of benzene rings is 2. The van der Waals surface area contributed by atoms with Crippen molar-refractivity contribution < 1.29 is 17.9 Å². The molecule has 4 rings (SSSR count). The van der Waals surface area contributed by atoms with Crippen molar-refractivity contribution in [3.8, 4) is 5.75 Å². The van der Waals surface area contributed by atoms with Gasteiger partial charge in [-0.05, 0) is 24.1 Å². The Labute approximate surface area is 165 Å². The standard InChI is InChI=1S/C21H24N2O4S/c1-27-18-9-5-8-17(12-18)23-20-15-28(25,26)14-19(20)22(13-21(23)24)11-10-16-6-3-2-4-7-16/h2-9,12,19-20H,10-11,13-15H2,1H3. The quantitative estimate of drug-likeness (QED) is 0.765. The third kappa shape index (κ3) is 3.77. The van der Waals surface area contributed by atoms with Crippen LogP contribution in [0.15, 0.2) is 54.6 Å². The molecule has 0 aromatic heterocycles. The van der Waals surface area contributed by atoms with Gasteiger partial charge in [0.25, 0.3) is 0 Å². The van der Waals surface area contributed by atoms with Crippen molar-refractivity contribution in [3.05, 3.63) is 60.2 Å². The summed E-state index contributed by atoms with van der Waals surface area (Å²) in [6, 6.07) is 16.8. The summed E-state index contributed by atoms with van der Waals surface area (Å²) in [4.78, 5) is 16.7. The van der Waals surface area contributed by atoms with E-state index in [1.807, 2.05) is 41.3 Å². The molecule has 2 heterocycles. The number of hydrogen-bond donors (Lipinski definition) is 0. The number of fused-ring (bicyclic) bond motifs is 1. The molecule has 0 bridgehead atoms. The van der Waals surface area contributed by atoms with Crippen molar-refractivity contribution in [2.75, 3.05) is 36.6 Å². The van der Waals surface area contributed by atoms with E-state index in [2.05, 4.69) is 12.1 Å². The minimum Gasteiger partial charge on any atom is -0.497 e. The van der Waals surface area contributed by atoms with Gasteiger partial charge in [-0.25, -0.2) is 8.42 Å². The summed E-state index contributed by atoms with van der Waals surface area (Å²) in [5.74, 6) is 0.678. The Morgan fingerprint density at radius 1 is 1.04 bits per heavy atom. The van der Waals surface area contributed by atoms with E-state index in [-0.39, 0.29) is 36.0 Å². The van der Waals surface area contributed by atoms with Crippen LogP contribution in [0.4, 0.5) is 5.69 Å². The topological polar surface area (TPSA) is 66.9 Å². The summed E-state index contributed by atoms with van der Waals surface area (Å²) in [6.07, 6.45) is 0.788. The fourth-order valence-corrected chi connectivity index (χ4v) is 6.20. The molecule has 2 aromatic rings. The summed E-state index contributed by atoms with van der Waals surface area (Å²) in [7, 11) is -1.62. The molecule has 2 unspecified atom stereocenters. The highest BCUT2D eigenvalue weighted by atomic mass is 32.2. The Kier molecular flexibility index (Phi) is 5.12. The number of piperazine rings is 1. The van der Waals surface area contributed by atoms with Crippen LogP contribution in [0.25, 0.3) is 0 Å². The van der Waals surface area contributed by atoms with Crippen LogP contribution in [0.2, 0.25) is 0 Å². The number of methoxy groups -OCH3 is 1. The summed E-state index contributed by atoms with van der Waals surface area (Å²) >= 11 is 0. The molecule has 148 valence electrons. The van der Waals surface area contributed by atoms with Crippen molar-refractivity contribution in [2.45, 2.75) is 18.5 Å². The molecule has 0 aliphatic carbocycles. The van der Waals surface area contributed by atoms with Gasteiger partial charge in [-0.15, -0.1) is 0 Å². The molecule has 0 N–H and O–H groups in total. The van der Waals surface area contributed by atoms with Gasteiger partial charge in [-0.3, -0.25) is 9.69 Å². The van der Waals surface area contributed by atoms with E-state index in [9.17, 15) is 13.2 Å². The second-order valence-corrected chi connectivity index (χ2v) is 9.54. The lowest BCUT2D eigenvalue weighted by Gasteiger charge is -2.43. The van der Waals surface area contributed by atoms with E-state index < -0.39 is 9.84 Å². The van der Waals surface area contributed by atoms with E-state index in [0.717, 1.165) is 6.42 Å². The molecular formula is C21H24N2O4S. The molecule has 2 saturated heterocycles. The van der Waals surface area contributed by atoms with E-state index >= 15 is 0 Å². The average Bonchev–Trinajstić information content (AvgIpc) is 3.01. The minimum atomic E-state index is -3.19. The first-order valence-electron chi connectivity index (χ1n) is 9.41. The second-order valence-electron chi connectivity index (χ2n) is 7.38. The molecule has 0 saturated carbocycles. The smallest absolute Gasteiger partial charge is 0.241 e.